The molecule has 1 amide bonds. The average molecular weight is 465 g/mol. The lowest BCUT2D eigenvalue weighted by molar-refractivity contribution is 0.0913. The van der Waals surface area contributed by atoms with Crippen molar-refractivity contribution >= 4 is 17.7 Å². The molecule has 0 fully saturated rings. The van der Waals surface area contributed by atoms with Gasteiger partial charge in [0.1, 0.15) is 18.1 Å². The molecular formula is C24H24N4O4S. The lowest BCUT2D eigenvalue weighted by atomic mass is 10.2. The Morgan fingerprint density at radius 1 is 1.03 bits per heavy atom. The van der Waals surface area contributed by atoms with Crippen molar-refractivity contribution in [2.75, 3.05) is 14.2 Å². The number of carbonyl (C=O) groups excluding carboxylic acids is 1. The van der Waals surface area contributed by atoms with Gasteiger partial charge in [-0.05, 0) is 42.0 Å². The highest BCUT2D eigenvalue weighted by molar-refractivity contribution is 7.98. The summed E-state index contributed by atoms with van der Waals surface area (Å²) in [5, 5.41) is 12.3. The van der Waals surface area contributed by atoms with E-state index in [9.17, 15) is 4.79 Å². The van der Waals surface area contributed by atoms with Crippen LogP contribution in [0, 0.1) is 0 Å². The van der Waals surface area contributed by atoms with E-state index in [1.165, 1.54) is 5.56 Å². The summed E-state index contributed by atoms with van der Waals surface area (Å²) in [5.41, 5.74) is 2.06. The number of furan rings is 1. The maximum Gasteiger partial charge on any atom is 0.287 e. The van der Waals surface area contributed by atoms with E-state index < -0.39 is 0 Å². The number of hydrogen-bond acceptors (Lipinski definition) is 7. The van der Waals surface area contributed by atoms with Crippen LogP contribution in [-0.4, -0.2) is 34.9 Å². The molecule has 0 spiro atoms. The molecule has 8 nitrogen and oxygen atoms in total. The van der Waals surface area contributed by atoms with Crippen LogP contribution in [0.25, 0.3) is 5.69 Å². The fourth-order valence-corrected chi connectivity index (χ4v) is 4.11. The molecule has 1 N–H and O–H groups in total. The normalized spacial score (nSPS) is 10.8. The Labute approximate surface area is 195 Å². The molecule has 0 aliphatic carbocycles. The number of ether oxygens (including phenoxy) is 2. The van der Waals surface area contributed by atoms with Crippen molar-refractivity contribution < 1.29 is 18.7 Å². The van der Waals surface area contributed by atoms with Crippen LogP contribution < -0.4 is 10.1 Å². The predicted octanol–water partition coefficient (Wildman–Crippen LogP) is 4.24. The van der Waals surface area contributed by atoms with Crippen molar-refractivity contribution in [3.8, 4) is 11.4 Å². The highest BCUT2D eigenvalue weighted by atomic mass is 32.2. The minimum atomic E-state index is -0.333. The number of thioether (sulfide) groups is 1. The van der Waals surface area contributed by atoms with Crippen molar-refractivity contribution in [2.45, 2.75) is 24.1 Å². The van der Waals surface area contributed by atoms with E-state index >= 15 is 0 Å². The smallest absolute Gasteiger partial charge is 0.287 e. The summed E-state index contributed by atoms with van der Waals surface area (Å²) in [7, 11) is 3.20. The second-order valence-electron chi connectivity index (χ2n) is 7.09. The van der Waals surface area contributed by atoms with Gasteiger partial charge in [-0.2, -0.15) is 0 Å². The Morgan fingerprint density at radius 2 is 1.82 bits per heavy atom. The van der Waals surface area contributed by atoms with E-state index in [4.69, 9.17) is 13.9 Å². The fourth-order valence-electron chi connectivity index (χ4n) is 3.19. The largest absolute Gasteiger partial charge is 0.497 e. The fraction of sp³-hybridized carbons (Fsp3) is 0.208. The Kier molecular flexibility index (Phi) is 7.43. The summed E-state index contributed by atoms with van der Waals surface area (Å²) in [6, 6.07) is 21.1. The van der Waals surface area contributed by atoms with Crippen LogP contribution in [0.2, 0.25) is 0 Å². The number of hydrogen-bond donors (Lipinski definition) is 1. The van der Waals surface area contributed by atoms with Gasteiger partial charge in [-0.3, -0.25) is 9.36 Å². The molecule has 9 heteroatoms. The van der Waals surface area contributed by atoms with Gasteiger partial charge in [0.05, 0.1) is 13.7 Å². The lowest BCUT2D eigenvalue weighted by Crippen LogP contribution is -2.24. The number of methoxy groups -OCH3 is 2. The van der Waals surface area contributed by atoms with Crippen LogP contribution in [0.4, 0.5) is 0 Å². The van der Waals surface area contributed by atoms with Crippen molar-refractivity contribution in [3.63, 3.8) is 0 Å². The topological polar surface area (TPSA) is 91.4 Å². The molecule has 2 aromatic carbocycles. The van der Waals surface area contributed by atoms with Gasteiger partial charge in [0, 0.05) is 18.6 Å². The van der Waals surface area contributed by atoms with Crippen LogP contribution in [0.15, 0.2) is 76.3 Å². The third-order valence-corrected chi connectivity index (χ3v) is 5.82. The van der Waals surface area contributed by atoms with Crippen molar-refractivity contribution in [1.82, 2.24) is 20.1 Å². The van der Waals surface area contributed by atoms with Gasteiger partial charge in [0.25, 0.3) is 5.91 Å². The molecule has 0 unspecified atom stereocenters. The van der Waals surface area contributed by atoms with E-state index in [2.05, 4.69) is 27.6 Å². The Bertz CT molecular complexity index is 1190. The molecule has 0 aliphatic heterocycles. The number of nitrogens with zero attached hydrogens (tertiary/aromatic N) is 3. The standard InChI is InChI=1S/C24H24N4O4S/c1-30-15-20-12-13-21(32-20)23(29)25-14-22-26-27-24(33-16-17-6-4-3-5-7-17)28(22)18-8-10-19(31-2)11-9-18/h3-13H,14-16H2,1-2H3,(H,25,29). The molecule has 0 aliphatic rings. The van der Waals surface area contributed by atoms with Gasteiger partial charge in [-0.25, -0.2) is 0 Å². The summed E-state index contributed by atoms with van der Waals surface area (Å²) < 4.78 is 17.8. The average Bonchev–Trinajstić information content (AvgIpc) is 3.49. The minimum Gasteiger partial charge on any atom is -0.497 e. The summed E-state index contributed by atoms with van der Waals surface area (Å²) >= 11 is 1.58. The monoisotopic (exact) mass is 464 g/mol. The number of amides is 1. The van der Waals surface area contributed by atoms with Gasteiger partial charge < -0.3 is 19.2 Å². The second kappa shape index (κ2) is 10.8. The number of benzene rings is 2. The Hall–Kier alpha value is -3.56. The first-order valence-corrected chi connectivity index (χ1v) is 11.3. The molecule has 2 aromatic heterocycles. The van der Waals surface area contributed by atoms with Crippen LogP contribution in [0.5, 0.6) is 5.75 Å². The first-order chi connectivity index (χ1) is 16.2. The molecule has 0 saturated heterocycles. The molecular weight excluding hydrogens is 440 g/mol. The van der Waals surface area contributed by atoms with Gasteiger partial charge in [0.2, 0.25) is 0 Å². The van der Waals surface area contributed by atoms with Crippen LogP contribution >= 0.6 is 11.8 Å². The SMILES string of the molecule is COCc1ccc(C(=O)NCc2nnc(SCc3ccccc3)n2-c2ccc(OC)cc2)o1. The van der Waals surface area contributed by atoms with E-state index in [0.717, 1.165) is 22.3 Å². The predicted molar refractivity (Wildman–Crippen MR) is 125 cm³/mol. The number of carbonyl (C=O) groups is 1. The third kappa shape index (κ3) is 5.63. The molecule has 2 heterocycles. The minimum absolute atomic E-state index is 0.185. The van der Waals surface area contributed by atoms with E-state index in [0.29, 0.717) is 18.2 Å². The summed E-state index contributed by atoms with van der Waals surface area (Å²) in [6.07, 6.45) is 0. The molecule has 33 heavy (non-hydrogen) atoms. The maximum atomic E-state index is 12.6. The summed E-state index contributed by atoms with van der Waals surface area (Å²) in [5.74, 6) is 2.58. The Morgan fingerprint density at radius 3 is 2.55 bits per heavy atom. The molecule has 170 valence electrons. The highest BCUT2D eigenvalue weighted by Gasteiger charge is 2.17. The number of nitrogens with one attached hydrogen (secondary N) is 1. The summed E-state index contributed by atoms with van der Waals surface area (Å²) in [4.78, 5) is 12.6. The van der Waals surface area contributed by atoms with Crippen LogP contribution in [0.3, 0.4) is 0 Å². The quantitative estimate of drug-likeness (QED) is 0.351. The van der Waals surface area contributed by atoms with Gasteiger partial charge in [0.15, 0.2) is 16.7 Å². The van der Waals surface area contributed by atoms with E-state index in [1.807, 2.05) is 47.0 Å². The van der Waals surface area contributed by atoms with Gasteiger partial charge in [-0.1, -0.05) is 42.1 Å². The molecule has 4 rings (SSSR count). The molecule has 0 bridgehead atoms. The number of rotatable bonds is 10. The zero-order valence-electron chi connectivity index (χ0n) is 18.4. The number of aromatic nitrogens is 3. The lowest BCUT2D eigenvalue weighted by Gasteiger charge is -2.11. The second-order valence-corrected chi connectivity index (χ2v) is 8.03. The van der Waals surface area contributed by atoms with Crippen molar-refractivity contribution in [3.05, 3.63) is 89.6 Å². The molecule has 0 atom stereocenters. The van der Waals surface area contributed by atoms with Crippen LogP contribution in [0.1, 0.15) is 27.7 Å². The molecule has 4 aromatic rings. The molecule has 0 saturated carbocycles. The van der Waals surface area contributed by atoms with E-state index in [-0.39, 0.29) is 18.2 Å². The first-order valence-electron chi connectivity index (χ1n) is 10.3. The zero-order chi connectivity index (χ0) is 23.0. The zero-order valence-corrected chi connectivity index (χ0v) is 19.2. The van der Waals surface area contributed by atoms with Crippen LogP contribution in [-0.2, 0) is 23.6 Å². The van der Waals surface area contributed by atoms with E-state index in [1.54, 1.807) is 38.1 Å². The first kappa shape index (κ1) is 22.6. The molecule has 0 radical (unpaired) electrons. The Balaban J connectivity index is 1.54. The van der Waals surface area contributed by atoms with Gasteiger partial charge >= 0.3 is 0 Å². The van der Waals surface area contributed by atoms with Crippen molar-refractivity contribution in [1.29, 1.82) is 0 Å². The highest BCUT2D eigenvalue weighted by Crippen LogP contribution is 2.26. The maximum absolute atomic E-state index is 12.6. The van der Waals surface area contributed by atoms with Gasteiger partial charge in [-0.15, -0.1) is 10.2 Å². The summed E-state index contributed by atoms with van der Waals surface area (Å²) in [6.45, 7) is 0.491. The van der Waals surface area contributed by atoms with Crippen molar-refractivity contribution in [2.24, 2.45) is 0 Å². The third-order valence-electron chi connectivity index (χ3n) is 4.82.